The molecule has 2 fully saturated rings. The molecule has 2 saturated heterocycles. The summed E-state index contributed by atoms with van der Waals surface area (Å²) in [6, 6.07) is 10.8. The topological polar surface area (TPSA) is 12.5 Å². The number of likely N-dealkylation sites (tertiary alicyclic amines) is 1. The zero-order valence-corrected chi connectivity index (χ0v) is 12.2. The van der Waals surface area contributed by atoms with Crippen molar-refractivity contribution in [1.29, 1.82) is 0 Å². The first-order valence-electron chi connectivity index (χ1n) is 6.79. The lowest BCUT2D eigenvalue weighted by atomic mass is 9.87. The minimum atomic E-state index is 0.377. The van der Waals surface area contributed by atoms with Crippen LogP contribution in [0.2, 0.25) is 0 Å². The van der Waals surface area contributed by atoms with E-state index in [1.807, 2.05) is 0 Å². The van der Waals surface area contributed by atoms with Gasteiger partial charge in [-0.3, -0.25) is 4.90 Å². The molecule has 0 aromatic heterocycles. The van der Waals surface area contributed by atoms with Crippen LogP contribution in [0, 0.1) is 0 Å². The molecule has 0 radical (unpaired) electrons. The summed E-state index contributed by atoms with van der Waals surface area (Å²) in [5.41, 5.74) is 1.80. The summed E-state index contributed by atoms with van der Waals surface area (Å²) in [6.07, 6.45) is 3.63. The molecule has 98 valence electrons. The first-order chi connectivity index (χ1) is 8.78. The predicted molar refractivity (Wildman–Crippen MR) is 77.0 cm³/mol. The molecule has 3 heteroatoms. The lowest BCUT2D eigenvalue weighted by Crippen LogP contribution is -2.47. The van der Waals surface area contributed by atoms with E-state index in [1.54, 1.807) is 0 Å². The van der Waals surface area contributed by atoms with E-state index >= 15 is 0 Å². The fourth-order valence-electron chi connectivity index (χ4n) is 3.35. The number of ether oxygens (including phenoxy) is 1. The zero-order valence-electron chi connectivity index (χ0n) is 10.6. The summed E-state index contributed by atoms with van der Waals surface area (Å²) >= 11 is 3.82. The van der Waals surface area contributed by atoms with Gasteiger partial charge in [-0.2, -0.15) is 0 Å². The molecule has 0 saturated carbocycles. The molecule has 0 N–H and O–H groups in total. The average Bonchev–Trinajstić information content (AvgIpc) is 2.67. The summed E-state index contributed by atoms with van der Waals surface area (Å²) in [5.74, 6) is 0. The van der Waals surface area contributed by atoms with Gasteiger partial charge in [0.25, 0.3) is 0 Å². The van der Waals surface area contributed by atoms with Crippen LogP contribution in [0.3, 0.4) is 0 Å². The molecule has 2 nitrogen and oxygen atoms in total. The Labute approximate surface area is 117 Å². The van der Waals surface area contributed by atoms with E-state index in [2.05, 4.69) is 51.2 Å². The van der Waals surface area contributed by atoms with Crippen LogP contribution in [0.15, 0.2) is 30.3 Å². The van der Waals surface area contributed by atoms with E-state index in [4.69, 9.17) is 4.74 Å². The van der Waals surface area contributed by atoms with Gasteiger partial charge < -0.3 is 4.74 Å². The Hall–Kier alpha value is -0.380. The van der Waals surface area contributed by atoms with Crippen molar-refractivity contribution in [3.05, 3.63) is 35.9 Å². The van der Waals surface area contributed by atoms with Crippen LogP contribution in [0.5, 0.6) is 0 Å². The molecule has 1 spiro atoms. The van der Waals surface area contributed by atoms with E-state index in [-0.39, 0.29) is 0 Å². The van der Waals surface area contributed by atoms with Crippen molar-refractivity contribution in [2.24, 2.45) is 0 Å². The van der Waals surface area contributed by atoms with E-state index in [0.29, 0.717) is 10.4 Å². The standard InChI is InChI=1S/C15H20BrNO/c16-14-10-15(6-8-18-9-7-15)17(12-14)11-13-4-2-1-3-5-13/h1-5,14H,6-12H2. The molecule has 18 heavy (non-hydrogen) atoms. The third-order valence-corrected chi connectivity index (χ3v) is 4.94. The second-order valence-electron chi connectivity index (χ2n) is 5.50. The molecule has 1 unspecified atom stereocenters. The summed E-state index contributed by atoms with van der Waals surface area (Å²) in [5, 5.41) is 0. The highest BCUT2D eigenvalue weighted by atomic mass is 79.9. The van der Waals surface area contributed by atoms with Crippen molar-refractivity contribution in [2.45, 2.75) is 36.2 Å². The minimum Gasteiger partial charge on any atom is -0.381 e. The Balaban J connectivity index is 1.77. The third kappa shape index (κ3) is 2.49. The molecule has 2 aliphatic heterocycles. The van der Waals surface area contributed by atoms with E-state index in [0.717, 1.165) is 26.3 Å². The van der Waals surface area contributed by atoms with Gasteiger partial charge in [-0.1, -0.05) is 46.3 Å². The maximum Gasteiger partial charge on any atom is 0.0483 e. The molecular weight excluding hydrogens is 290 g/mol. The number of hydrogen-bond donors (Lipinski definition) is 0. The van der Waals surface area contributed by atoms with Crippen LogP contribution in [-0.2, 0) is 11.3 Å². The first-order valence-corrected chi connectivity index (χ1v) is 7.71. The zero-order chi connectivity index (χ0) is 12.4. The fraction of sp³-hybridized carbons (Fsp3) is 0.600. The summed E-state index contributed by atoms with van der Waals surface area (Å²) < 4.78 is 5.55. The lowest BCUT2D eigenvalue weighted by molar-refractivity contribution is -0.0112. The Morgan fingerprint density at radius 1 is 1.22 bits per heavy atom. The van der Waals surface area contributed by atoms with Crippen LogP contribution in [-0.4, -0.2) is 35.0 Å². The molecule has 1 atom stereocenters. The van der Waals surface area contributed by atoms with Crippen molar-refractivity contribution in [2.75, 3.05) is 19.8 Å². The van der Waals surface area contributed by atoms with E-state index in [1.165, 1.54) is 24.8 Å². The molecule has 0 amide bonds. The molecular formula is C15H20BrNO. The van der Waals surface area contributed by atoms with Gasteiger partial charge in [-0.15, -0.1) is 0 Å². The second kappa shape index (κ2) is 5.32. The number of rotatable bonds is 2. The summed E-state index contributed by atoms with van der Waals surface area (Å²) in [7, 11) is 0. The second-order valence-corrected chi connectivity index (χ2v) is 6.80. The van der Waals surface area contributed by atoms with Crippen LogP contribution in [0.4, 0.5) is 0 Å². The lowest BCUT2D eigenvalue weighted by Gasteiger charge is -2.41. The van der Waals surface area contributed by atoms with Crippen molar-refractivity contribution in [3.8, 4) is 0 Å². The van der Waals surface area contributed by atoms with Crippen molar-refractivity contribution < 1.29 is 4.74 Å². The van der Waals surface area contributed by atoms with Gasteiger partial charge in [0.2, 0.25) is 0 Å². The molecule has 2 heterocycles. The van der Waals surface area contributed by atoms with E-state index < -0.39 is 0 Å². The van der Waals surface area contributed by atoms with Crippen molar-refractivity contribution in [1.82, 2.24) is 4.90 Å². The minimum absolute atomic E-state index is 0.377. The van der Waals surface area contributed by atoms with Gasteiger partial charge >= 0.3 is 0 Å². The predicted octanol–water partition coefficient (Wildman–Crippen LogP) is 3.21. The Kier molecular flexibility index (Phi) is 3.73. The van der Waals surface area contributed by atoms with Crippen molar-refractivity contribution >= 4 is 15.9 Å². The Morgan fingerprint density at radius 3 is 2.67 bits per heavy atom. The molecule has 2 aliphatic rings. The van der Waals surface area contributed by atoms with Crippen molar-refractivity contribution in [3.63, 3.8) is 0 Å². The maximum atomic E-state index is 5.55. The molecule has 3 rings (SSSR count). The fourth-order valence-corrected chi connectivity index (χ4v) is 4.30. The van der Waals surface area contributed by atoms with Gasteiger partial charge in [0.05, 0.1) is 0 Å². The highest BCUT2D eigenvalue weighted by Crippen LogP contribution is 2.41. The monoisotopic (exact) mass is 309 g/mol. The normalized spacial score (nSPS) is 27.7. The van der Waals surface area contributed by atoms with Crippen LogP contribution in [0.25, 0.3) is 0 Å². The smallest absolute Gasteiger partial charge is 0.0483 e. The number of halogens is 1. The number of benzene rings is 1. The molecule has 0 bridgehead atoms. The quantitative estimate of drug-likeness (QED) is 0.778. The SMILES string of the molecule is BrC1CN(Cc2ccccc2)C2(CCOCC2)C1. The molecule has 1 aromatic rings. The van der Waals surface area contributed by atoms with Gasteiger partial charge in [0.15, 0.2) is 0 Å². The van der Waals surface area contributed by atoms with Gasteiger partial charge in [0, 0.05) is 36.7 Å². The summed E-state index contributed by atoms with van der Waals surface area (Å²) in [6.45, 7) is 4.08. The first kappa shape index (κ1) is 12.6. The van der Waals surface area contributed by atoms with Gasteiger partial charge in [0.1, 0.15) is 0 Å². The maximum absolute atomic E-state index is 5.55. The average molecular weight is 310 g/mol. The largest absolute Gasteiger partial charge is 0.381 e. The number of nitrogens with zero attached hydrogens (tertiary/aromatic N) is 1. The molecule has 0 aliphatic carbocycles. The van der Waals surface area contributed by atoms with Gasteiger partial charge in [-0.05, 0) is 24.8 Å². The summed E-state index contributed by atoms with van der Waals surface area (Å²) in [4.78, 5) is 3.31. The Bertz CT molecular complexity index is 389. The molecule has 1 aromatic carbocycles. The van der Waals surface area contributed by atoms with Crippen LogP contribution < -0.4 is 0 Å². The number of alkyl halides is 1. The van der Waals surface area contributed by atoms with Gasteiger partial charge in [-0.25, -0.2) is 0 Å². The van der Waals surface area contributed by atoms with Crippen LogP contribution >= 0.6 is 15.9 Å². The highest BCUT2D eigenvalue weighted by molar-refractivity contribution is 9.09. The number of hydrogen-bond acceptors (Lipinski definition) is 2. The highest BCUT2D eigenvalue weighted by Gasteiger charge is 2.45. The van der Waals surface area contributed by atoms with Crippen LogP contribution in [0.1, 0.15) is 24.8 Å². The Morgan fingerprint density at radius 2 is 1.94 bits per heavy atom. The third-order valence-electron chi connectivity index (χ3n) is 4.33. The van der Waals surface area contributed by atoms with E-state index in [9.17, 15) is 0 Å².